The van der Waals surface area contributed by atoms with Gasteiger partial charge in [0, 0.05) is 77.9 Å². The van der Waals surface area contributed by atoms with Crippen LogP contribution in [0.15, 0.2) is 179 Å². The van der Waals surface area contributed by atoms with Gasteiger partial charge < -0.3 is 28.4 Å². The summed E-state index contributed by atoms with van der Waals surface area (Å²) in [5.74, 6) is 0. The van der Waals surface area contributed by atoms with Gasteiger partial charge in [0.2, 0.25) is 0 Å². The molecule has 4 aliphatic heterocycles. The summed E-state index contributed by atoms with van der Waals surface area (Å²) in [4.78, 5) is 10.7. The van der Waals surface area contributed by atoms with E-state index in [2.05, 4.69) is 266 Å². The smallest absolute Gasteiger partial charge is 0.252 e. The van der Waals surface area contributed by atoms with E-state index in [9.17, 15) is 0 Å². The maximum Gasteiger partial charge on any atom is 0.252 e. The minimum Gasteiger partial charge on any atom is -0.454 e. The van der Waals surface area contributed by atoms with E-state index in [1.54, 1.807) is 0 Å². The molecule has 86 heavy (non-hydrogen) atoms. The summed E-state index contributed by atoms with van der Waals surface area (Å²) in [6, 6.07) is 65.6. The lowest BCUT2D eigenvalue weighted by molar-refractivity contribution is 0.195. The van der Waals surface area contributed by atoms with Crippen molar-refractivity contribution >= 4 is 124 Å². The van der Waals surface area contributed by atoms with Crippen molar-refractivity contribution in [1.29, 1.82) is 0 Å². The van der Waals surface area contributed by atoms with Crippen LogP contribution in [0.4, 0.5) is 56.9 Å². The first-order chi connectivity index (χ1) is 41.3. The first-order valence-electron chi connectivity index (χ1n) is 32.0. The number of rotatable bonds is 4. The van der Waals surface area contributed by atoms with Crippen LogP contribution < -0.4 is 36.0 Å². The third-order valence-corrected chi connectivity index (χ3v) is 22.9. The van der Waals surface area contributed by atoms with Gasteiger partial charge in [-0.15, -0.1) is 0 Å². The van der Waals surface area contributed by atoms with Crippen LogP contribution in [0.1, 0.15) is 148 Å². The summed E-state index contributed by atoms with van der Waals surface area (Å²) in [6.07, 6.45) is 9.47. The molecule has 0 amide bonds. The van der Waals surface area contributed by atoms with Crippen molar-refractivity contribution in [2.45, 2.75) is 160 Å². The van der Waals surface area contributed by atoms with Gasteiger partial charge in [0.1, 0.15) is 11.2 Å². The van der Waals surface area contributed by atoms with Gasteiger partial charge in [-0.1, -0.05) is 178 Å². The van der Waals surface area contributed by atoms with Crippen molar-refractivity contribution in [3.05, 3.63) is 198 Å². The van der Waals surface area contributed by atoms with Crippen molar-refractivity contribution in [3.8, 4) is 0 Å². The minimum absolute atomic E-state index is 0.0288. The van der Waals surface area contributed by atoms with Gasteiger partial charge >= 0.3 is 0 Å². The van der Waals surface area contributed by atoms with Gasteiger partial charge in [0.25, 0.3) is 6.71 Å². The van der Waals surface area contributed by atoms with Crippen molar-refractivity contribution < 1.29 is 8.83 Å². The molecule has 0 radical (unpaired) electrons. The SMILES string of the molecule is Cc1cc2c3c(c1)N(c1cccc4c1oc1ccccc14)c1cc(N4c5ccc(C(C)(C)C)cc5C5(C)CCCCC45C)ccc1B3c1ccc(N3c4ccc(C(C)(C)C)cc4C4(C)CCCCC34C)cc1N2c1cccc2c1oc1ccccc12. The number of furan rings is 2. The van der Waals surface area contributed by atoms with Crippen LogP contribution >= 0.6 is 0 Å². The molecule has 0 N–H and O–H groups in total. The standard InChI is InChI=1S/C79H77BN4O2/c1-48-42-67-71-68(43-48)82(64-27-21-25-56-54-23-13-15-29-70(54)86-73(56)64)66-47-52(84-62-37-31-50(75(5,6)7)45-58(62)77(9)39-17-19-41-79(77,84)11)33-35-60(66)80(71)59-34-32-51(46-65(59)81(67)63-26-20-24-55-53-22-12-14-28-69(53)85-72(55)63)83-61-36-30-49(74(2,3)4)44-57(61)76(8)38-16-18-40-78(76,83)10/h12-15,20-37,42-47H,16-19,38-41H2,1-11H3. The van der Waals surface area contributed by atoms with E-state index in [0.29, 0.717) is 0 Å². The zero-order valence-corrected chi connectivity index (χ0v) is 52.0. The second-order valence-corrected chi connectivity index (χ2v) is 29.6. The van der Waals surface area contributed by atoms with Crippen LogP contribution in [-0.2, 0) is 21.7 Å². The molecule has 11 aromatic rings. The Morgan fingerprint density at radius 1 is 0.395 bits per heavy atom. The van der Waals surface area contributed by atoms with E-state index < -0.39 is 0 Å². The lowest BCUT2D eigenvalue weighted by Gasteiger charge is -2.51. The first kappa shape index (κ1) is 52.2. The van der Waals surface area contributed by atoms with Crippen LogP contribution in [0, 0.1) is 6.92 Å². The molecular weight excluding hydrogens is 1050 g/mol. The molecule has 0 saturated heterocycles. The molecule has 0 bridgehead atoms. The topological polar surface area (TPSA) is 39.2 Å². The van der Waals surface area contributed by atoms with Gasteiger partial charge in [0.05, 0.1) is 22.5 Å². The molecule has 4 unspecified atom stereocenters. The van der Waals surface area contributed by atoms with Gasteiger partial charge in [-0.2, -0.15) is 0 Å². The van der Waals surface area contributed by atoms with E-state index >= 15 is 0 Å². The van der Waals surface area contributed by atoms with Crippen LogP contribution in [0.2, 0.25) is 0 Å². The fourth-order valence-electron chi connectivity index (χ4n) is 17.9. The Morgan fingerprint density at radius 2 is 0.814 bits per heavy atom. The lowest BCUT2D eigenvalue weighted by atomic mass is 9.33. The minimum atomic E-state index is -0.141. The molecule has 6 heterocycles. The van der Waals surface area contributed by atoms with Crippen molar-refractivity contribution in [1.82, 2.24) is 0 Å². The van der Waals surface area contributed by atoms with Gasteiger partial charge in [0.15, 0.2) is 11.2 Å². The van der Waals surface area contributed by atoms with E-state index in [1.807, 2.05) is 0 Å². The van der Waals surface area contributed by atoms with Gasteiger partial charge in [-0.05, 0) is 174 Å². The summed E-state index contributed by atoms with van der Waals surface area (Å²) in [6.45, 7) is 26.6. The zero-order valence-electron chi connectivity index (χ0n) is 52.0. The maximum absolute atomic E-state index is 7.12. The molecule has 2 saturated carbocycles. The molecule has 6 nitrogen and oxygen atoms in total. The zero-order chi connectivity index (χ0) is 58.8. The highest BCUT2D eigenvalue weighted by molar-refractivity contribution is 7.00. The Morgan fingerprint density at radius 3 is 1.26 bits per heavy atom. The van der Waals surface area contributed by atoms with Crippen LogP contribution in [0.25, 0.3) is 43.9 Å². The number of nitrogens with zero attached hydrogens (tertiary/aromatic N) is 4. The highest BCUT2D eigenvalue weighted by Gasteiger charge is 2.60. The molecule has 4 atom stereocenters. The first-order valence-corrected chi connectivity index (χ1v) is 32.0. The van der Waals surface area contributed by atoms with Crippen molar-refractivity contribution in [2.24, 2.45) is 0 Å². The summed E-state index contributed by atoms with van der Waals surface area (Å²) in [7, 11) is 0. The Bertz CT molecular complexity index is 4430. The largest absolute Gasteiger partial charge is 0.454 e. The Labute approximate surface area is 507 Å². The molecule has 428 valence electrons. The molecule has 17 rings (SSSR count). The van der Waals surface area contributed by atoms with E-state index in [1.165, 1.54) is 117 Å². The molecule has 0 spiro atoms. The number of para-hydroxylation sites is 4. The number of aryl methyl sites for hydroxylation is 1. The molecule has 2 aliphatic carbocycles. The summed E-state index contributed by atoms with van der Waals surface area (Å²) >= 11 is 0. The van der Waals surface area contributed by atoms with Crippen molar-refractivity contribution in [2.75, 3.05) is 19.6 Å². The quantitative estimate of drug-likeness (QED) is 0.164. The van der Waals surface area contributed by atoms with Crippen LogP contribution in [0.5, 0.6) is 0 Å². The monoisotopic (exact) mass is 1120 g/mol. The number of hydrogen-bond donors (Lipinski definition) is 0. The van der Waals surface area contributed by atoms with Crippen molar-refractivity contribution in [3.63, 3.8) is 0 Å². The number of hydrogen-bond acceptors (Lipinski definition) is 6. The molecule has 7 heteroatoms. The average molecular weight is 1130 g/mol. The predicted molar refractivity (Wildman–Crippen MR) is 363 cm³/mol. The number of anilines is 10. The summed E-state index contributed by atoms with van der Waals surface area (Å²) in [5.41, 5.74) is 26.0. The lowest BCUT2D eigenvalue weighted by Crippen LogP contribution is -2.61. The van der Waals surface area contributed by atoms with Crippen LogP contribution in [0.3, 0.4) is 0 Å². The molecule has 2 fully saturated rings. The highest BCUT2D eigenvalue weighted by Crippen LogP contribution is 2.64. The Hall–Kier alpha value is -8.16. The van der Waals surface area contributed by atoms with E-state index in [-0.39, 0.29) is 39.5 Å². The molecule has 9 aromatic carbocycles. The average Bonchev–Trinajstić information content (AvgIpc) is 1.30. The molecule has 2 aromatic heterocycles. The van der Waals surface area contributed by atoms with Crippen LogP contribution in [-0.4, -0.2) is 17.8 Å². The highest BCUT2D eigenvalue weighted by atomic mass is 16.3. The van der Waals surface area contributed by atoms with Gasteiger partial charge in [-0.25, -0.2) is 0 Å². The fraction of sp³-hybridized carbons (Fsp3) is 0.316. The predicted octanol–water partition coefficient (Wildman–Crippen LogP) is 20.0. The number of benzene rings is 9. The van der Waals surface area contributed by atoms with E-state index in [4.69, 9.17) is 8.83 Å². The third kappa shape index (κ3) is 6.81. The normalized spacial score (nSPS) is 23.0. The Balaban J connectivity index is 0.950. The molecule has 6 aliphatic rings. The summed E-state index contributed by atoms with van der Waals surface area (Å²) in [5, 5.41) is 4.48. The molecular formula is C79H77BN4O2. The van der Waals surface area contributed by atoms with E-state index in [0.717, 1.165) is 79.5 Å². The third-order valence-electron chi connectivity index (χ3n) is 22.9. The van der Waals surface area contributed by atoms with Gasteiger partial charge in [-0.3, -0.25) is 0 Å². The number of fused-ring (bicyclic) bond motifs is 16. The Kier molecular flexibility index (Phi) is 10.6. The fourth-order valence-corrected chi connectivity index (χ4v) is 17.9. The second kappa shape index (κ2) is 17.5. The summed E-state index contributed by atoms with van der Waals surface area (Å²) < 4.78 is 14.2. The second-order valence-electron chi connectivity index (χ2n) is 29.6. The maximum atomic E-state index is 7.12.